The van der Waals surface area contributed by atoms with Gasteiger partial charge in [0.15, 0.2) is 0 Å². The third-order valence-electron chi connectivity index (χ3n) is 1.87. The third kappa shape index (κ3) is 2.32. The molecule has 0 aliphatic rings. The van der Waals surface area contributed by atoms with E-state index in [2.05, 4.69) is 4.74 Å². The number of hydrogen-bond acceptors (Lipinski definition) is 3. The Bertz CT molecular complexity index is 182. The molecule has 0 bridgehead atoms. The van der Waals surface area contributed by atoms with Crippen LogP contribution in [0.2, 0.25) is 0 Å². The average molecular weight is 172 g/mol. The highest BCUT2D eigenvalue weighted by molar-refractivity contribution is 6.02. The first kappa shape index (κ1) is 11.1. The second-order valence-electron chi connectivity index (χ2n) is 3.29. The van der Waals surface area contributed by atoms with Crippen molar-refractivity contribution in [1.82, 2.24) is 0 Å². The van der Waals surface area contributed by atoms with Gasteiger partial charge in [-0.25, -0.2) is 0 Å². The molecule has 0 saturated carbocycles. The number of Topliss-reactive ketones (excluding diaryl/α,β-unsaturated/α-hetero) is 1. The molecule has 0 aliphatic heterocycles. The molecule has 0 N–H and O–H groups in total. The first-order valence-electron chi connectivity index (χ1n) is 4.08. The molecule has 3 nitrogen and oxygen atoms in total. The van der Waals surface area contributed by atoms with Crippen molar-refractivity contribution >= 4 is 11.8 Å². The van der Waals surface area contributed by atoms with E-state index in [4.69, 9.17) is 0 Å². The van der Waals surface area contributed by atoms with Gasteiger partial charge in [-0.15, -0.1) is 0 Å². The zero-order chi connectivity index (χ0) is 9.78. The number of hydrogen-bond donors (Lipinski definition) is 0. The van der Waals surface area contributed by atoms with Gasteiger partial charge in [0.25, 0.3) is 0 Å². The predicted octanol–water partition coefficient (Wildman–Crippen LogP) is 1.55. The quantitative estimate of drug-likeness (QED) is 0.477. The molecule has 0 spiro atoms. The highest BCUT2D eigenvalue weighted by Crippen LogP contribution is 2.20. The maximum atomic E-state index is 11.4. The van der Waals surface area contributed by atoms with Gasteiger partial charge in [0, 0.05) is 6.42 Å². The molecule has 0 unspecified atom stereocenters. The SMILES string of the molecule is CCCC(=O)C(C)(C)C(=O)OC. The molecule has 70 valence electrons. The van der Waals surface area contributed by atoms with Crippen LogP contribution in [0.4, 0.5) is 0 Å². The molecule has 0 aromatic rings. The van der Waals surface area contributed by atoms with Gasteiger partial charge in [0.05, 0.1) is 7.11 Å². The molecule has 0 heterocycles. The Labute approximate surface area is 73.1 Å². The third-order valence-corrected chi connectivity index (χ3v) is 1.87. The summed E-state index contributed by atoms with van der Waals surface area (Å²) in [5, 5.41) is 0. The van der Waals surface area contributed by atoms with Gasteiger partial charge in [0.1, 0.15) is 11.2 Å². The van der Waals surface area contributed by atoms with Crippen molar-refractivity contribution in [2.75, 3.05) is 7.11 Å². The number of carbonyl (C=O) groups is 2. The summed E-state index contributed by atoms with van der Waals surface area (Å²) in [6.45, 7) is 5.10. The second kappa shape index (κ2) is 4.24. The molecule has 0 rings (SSSR count). The molecule has 0 atom stereocenters. The van der Waals surface area contributed by atoms with E-state index < -0.39 is 11.4 Å². The van der Waals surface area contributed by atoms with E-state index in [0.29, 0.717) is 6.42 Å². The van der Waals surface area contributed by atoms with Gasteiger partial charge < -0.3 is 4.74 Å². The van der Waals surface area contributed by atoms with Crippen LogP contribution >= 0.6 is 0 Å². The van der Waals surface area contributed by atoms with Gasteiger partial charge in [-0.3, -0.25) is 9.59 Å². The van der Waals surface area contributed by atoms with E-state index in [1.54, 1.807) is 13.8 Å². The molecule has 3 heteroatoms. The van der Waals surface area contributed by atoms with Crippen LogP contribution in [0, 0.1) is 5.41 Å². The van der Waals surface area contributed by atoms with E-state index in [0.717, 1.165) is 6.42 Å². The Morgan fingerprint density at radius 2 is 1.83 bits per heavy atom. The minimum atomic E-state index is -0.981. The zero-order valence-electron chi connectivity index (χ0n) is 8.14. The van der Waals surface area contributed by atoms with Gasteiger partial charge in [0.2, 0.25) is 0 Å². The van der Waals surface area contributed by atoms with Gasteiger partial charge in [-0.2, -0.15) is 0 Å². The van der Waals surface area contributed by atoms with Crippen molar-refractivity contribution in [3.8, 4) is 0 Å². The number of esters is 1. The summed E-state index contributed by atoms with van der Waals surface area (Å²) < 4.78 is 4.52. The summed E-state index contributed by atoms with van der Waals surface area (Å²) in [7, 11) is 1.29. The van der Waals surface area contributed by atoms with Crippen molar-refractivity contribution in [2.24, 2.45) is 5.41 Å². The van der Waals surface area contributed by atoms with Gasteiger partial charge >= 0.3 is 5.97 Å². The molecule has 0 amide bonds. The van der Waals surface area contributed by atoms with Crippen LogP contribution in [0.5, 0.6) is 0 Å². The topological polar surface area (TPSA) is 43.4 Å². The highest BCUT2D eigenvalue weighted by atomic mass is 16.5. The minimum Gasteiger partial charge on any atom is -0.468 e. The lowest BCUT2D eigenvalue weighted by Gasteiger charge is -2.19. The summed E-state index contributed by atoms with van der Waals surface area (Å²) in [5.74, 6) is -0.516. The smallest absolute Gasteiger partial charge is 0.318 e. The molecular formula is C9H16O3. The number of methoxy groups -OCH3 is 1. The first-order chi connectivity index (χ1) is 5.46. The molecule has 0 aromatic carbocycles. The number of rotatable bonds is 4. The summed E-state index contributed by atoms with van der Waals surface area (Å²) in [6, 6.07) is 0. The minimum absolute atomic E-state index is 0.0585. The normalized spacial score (nSPS) is 11.0. The molecule has 12 heavy (non-hydrogen) atoms. The van der Waals surface area contributed by atoms with Crippen LogP contribution in [0.25, 0.3) is 0 Å². The lowest BCUT2D eigenvalue weighted by atomic mass is 9.86. The number of ether oxygens (including phenoxy) is 1. The van der Waals surface area contributed by atoms with Crippen LogP contribution < -0.4 is 0 Å². The Morgan fingerprint density at radius 1 is 1.33 bits per heavy atom. The van der Waals surface area contributed by atoms with Crippen LogP contribution in [-0.2, 0) is 14.3 Å². The Hall–Kier alpha value is -0.860. The maximum absolute atomic E-state index is 11.4. The van der Waals surface area contributed by atoms with Crippen molar-refractivity contribution in [3.63, 3.8) is 0 Å². The predicted molar refractivity (Wildman–Crippen MR) is 45.7 cm³/mol. The number of carbonyl (C=O) groups excluding carboxylic acids is 2. The Morgan fingerprint density at radius 3 is 2.17 bits per heavy atom. The largest absolute Gasteiger partial charge is 0.468 e. The summed E-state index contributed by atoms with van der Waals surface area (Å²) in [5.41, 5.74) is -0.981. The van der Waals surface area contributed by atoms with Crippen LogP contribution in [-0.4, -0.2) is 18.9 Å². The van der Waals surface area contributed by atoms with Crippen molar-refractivity contribution in [2.45, 2.75) is 33.6 Å². The van der Waals surface area contributed by atoms with E-state index in [9.17, 15) is 9.59 Å². The fourth-order valence-corrected chi connectivity index (χ4v) is 0.909. The highest BCUT2D eigenvalue weighted by Gasteiger charge is 2.35. The second-order valence-corrected chi connectivity index (χ2v) is 3.29. The van der Waals surface area contributed by atoms with Crippen molar-refractivity contribution < 1.29 is 14.3 Å². The fraction of sp³-hybridized carbons (Fsp3) is 0.778. The molecular weight excluding hydrogens is 156 g/mol. The van der Waals surface area contributed by atoms with Gasteiger partial charge in [-0.1, -0.05) is 6.92 Å². The maximum Gasteiger partial charge on any atom is 0.318 e. The van der Waals surface area contributed by atoms with E-state index in [1.165, 1.54) is 7.11 Å². The zero-order valence-corrected chi connectivity index (χ0v) is 8.14. The van der Waals surface area contributed by atoms with E-state index in [-0.39, 0.29) is 5.78 Å². The lowest BCUT2D eigenvalue weighted by molar-refractivity contribution is -0.155. The summed E-state index contributed by atoms with van der Waals surface area (Å²) in [6.07, 6.45) is 1.20. The fourth-order valence-electron chi connectivity index (χ4n) is 0.909. The average Bonchev–Trinajstić information content (AvgIpc) is 2.03. The Kier molecular flexibility index (Phi) is 3.93. The van der Waals surface area contributed by atoms with Crippen LogP contribution in [0.1, 0.15) is 33.6 Å². The van der Waals surface area contributed by atoms with E-state index in [1.807, 2.05) is 6.92 Å². The molecule has 0 aromatic heterocycles. The molecule has 0 radical (unpaired) electrons. The lowest BCUT2D eigenvalue weighted by Crippen LogP contribution is -2.34. The first-order valence-corrected chi connectivity index (χ1v) is 4.08. The van der Waals surface area contributed by atoms with Crippen LogP contribution in [0.15, 0.2) is 0 Å². The van der Waals surface area contributed by atoms with Crippen LogP contribution in [0.3, 0.4) is 0 Å². The molecule has 0 aliphatic carbocycles. The number of ketones is 1. The van der Waals surface area contributed by atoms with E-state index >= 15 is 0 Å². The monoisotopic (exact) mass is 172 g/mol. The van der Waals surface area contributed by atoms with Gasteiger partial charge in [-0.05, 0) is 20.3 Å². The summed E-state index contributed by atoms with van der Waals surface area (Å²) >= 11 is 0. The molecule has 0 saturated heterocycles. The molecule has 0 fully saturated rings. The Balaban J connectivity index is 4.38. The van der Waals surface area contributed by atoms with Crippen molar-refractivity contribution in [3.05, 3.63) is 0 Å². The standard InChI is InChI=1S/C9H16O3/c1-5-6-7(10)9(2,3)8(11)12-4/h5-6H2,1-4H3. The van der Waals surface area contributed by atoms with Crippen molar-refractivity contribution in [1.29, 1.82) is 0 Å². The summed E-state index contributed by atoms with van der Waals surface area (Å²) in [4.78, 5) is 22.5.